The normalized spacial score (nSPS) is 13.4. The predicted molar refractivity (Wildman–Crippen MR) is 60.4 cm³/mol. The smallest absolute Gasteiger partial charge is 0.235 e. The van der Waals surface area contributed by atoms with Crippen LogP contribution in [-0.4, -0.2) is 26.1 Å². The van der Waals surface area contributed by atoms with Gasteiger partial charge in [-0.25, -0.2) is 8.42 Å². The number of carbonyl (C=O) groups excluding carboxylic acids is 1. The second-order valence-electron chi connectivity index (χ2n) is 3.61. The van der Waals surface area contributed by atoms with E-state index in [0.29, 0.717) is 0 Å². The van der Waals surface area contributed by atoms with Crippen LogP contribution < -0.4 is 11.5 Å². The van der Waals surface area contributed by atoms with E-state index in [2.05, 4.69) is 0 Å². The Morgan fingerprint density at radius 1 is 1.44 bits per heavy atom. The van der Waals surface area contributed by atoms with Gasteiger partial charge in [-0.3, -0.25) is 4.79 Å². The third-order valence-electron chi connectivity index (χ3n) is 2.11. The maximum atomic E-state index is 11.8. The molecule has 0 radical (unpaired) electrons. The summed E-state index contributed by atoms with van der Waals surface area (Å²) in [6, 6.07) is 5.25. The fourth-order valence-electron chi connectivity index (χ4n) is 1.22. The first kappa shape index (κ1) is 12.7. The van der Waals surface area contributed by atoms with Crippen molar-refractivity contribution in [2.75, 3.05) is 5.75 Å². The number of rotatable bonds is 4. The molecule has 0 heterocycles. The van der Waals surface area contributed by atoms with Crippen LogP contribution in [0.4, 0.5) is 0 Å². The Balaban J connectivity index is 2.99. The van der Waals surface area contributed by atoms with Crippen molar-refractivity contribution in [2.24, 2.45) is 11.5 Å². The molecule has 1 aromatic carbocycles. The molecule has 4 N–H and O–H groups in total. The largest absolute Gasteiger partial charge is 0.368 e. The average molecular weight is 242 g/mol. The third kappa shape index (κ3) is 3.04. The van der Waals surface area contributed by atoms with E-state index in [0.717, 1.165) is 5.56 Å². The van der Waals surface area contributed by atoms with Crippen LogP contribution in [0.25, 0.3) is 0 Å². The molecule has 0 fully saturated rings. The molecule has 0 saturated carbocycles. The van der Waals surface area contributed by atoms with Gasteiger partial charge in [-0.1, -0.05) is 12.1 Å². The first-order chi connectivity index (χ1) is 7.33. The number of benzene rings is 1. The highest BCUT2D eigenvalue weighted by molar-refractivity contribution is 7.91. The third-order valence-corrected chi connectivity index (χ3v) is 3.88. The summed E-state index contributed by atoms with van der Waals surface area (Å²) in [4.78, 5) is 10.9. The van der Waals surface area contributed by atoms with Gasteiger partial charge in [-0.05, 0) is 24.6 Å². The van der Waals surface area contributed by atoms with Crippen molar-refractivity contribution >= 4 is 15.7 Å². The highest BCUT2D eigenvalue weighted by atomic mass is 32.2. The summed E-state index contributed by atoms with van der Waals surface area (Å²) in [7, 11) is -3.55. The van der Waals surface area contributed by atoms with E-state index in [1.807, 2.05) is 0 Å². The molecule has 1 atom stereocenters. The molecule has 6 heteroatoms. The maximum Gasteiger partial charge on any atom is 0.235 e. The van der Waals surface area contributed by atoms with E-state index in [9.17, 15) is 13.2 Å². The lowest BCUT2D eigenvalue weighted by Gasteiger charge is -2.09. The van der Waals surface area contributed by atoms with Gasteiger partial charge in [0, 0.05) is 0 Å². The second-order valence-corrected chi connectivity index (χ2v) is 5.64. The minimum absolute atomic E-state index is 0.157. The van der Waals surface area contributed by atoms with Gasteiger partial charge >= 0.3 is 0 Å². The molecule has 16 heavy (non-hydrogen) atoms. The van der Waals surface area contributed by atoms with Gasteiger partial charge < -0.3 is 11.5 Å². The zero-order valence-electron chi connectivity index (χ0n) is 8.88. The molecule has 1 aromatic rings. The fraction of sp³-hybridized carbons (Fsp3) is 0.300. The Bertz CT molecular complexity index is 497. The number of amides is 1. The van der Waals surface area contributed by atoms with Crippen LogP contribution in [0.5, 0.6) is 0 Å². The lowest BCUT2D eigenvalue weighted by atomic mass is 10.2. The van der Waals surface area contributed by atoms with Gasteiger partial charge in [-0.15, -0.1) is 0 Å². The minimum atomic E-state index is -3.55. The van der Waals surface area contributed by atoms with E-state index in [1.165, 1.54) is 12.1 Å². The van der Waals surface area contributed by atoms with Crippen molar-refractivity contribution in [3.8, 4) is 0 Å². The standard InChI is InChI=1S/C10H14N2O3S/c1-7-3-2-4-8(5-7)16(14,15)6-9(11)10(12)13/h2-5,9H,6,11H2,1H3,(H2,12,13). The summed E-state index contributed by atoms with van der Waals surface area (Å²) in [5, 5.41) is 0. The Hall–Kier alpha value is -1.40. The van der Waals surface area contributed by atoms with Crippen LogP contribution in [0.1, 0.15) is 5.56 Å². The molecule has 0 spiro atoms. The first-order valence-electron chi connectivity index (χ1n) is 4.67. The van der Waals surface area contributed by atoms with E-state index in [4.69, 9.17) is 11.5 Å². The van der Waals surface area contributed by atoms with Crippen LogP contribution in [0.15, 0.2) is 29.2 Å². The summed E-state index contributed by atoms with van der Waals surface area (Å²) in [6.07, 6.45) is 0. The summed E-state index contributed by atoms with van der Waals surface area (Å²) >= 11 is 0. The van der Waals surface area contributed by atoms with Crippen LogP contribution in [-0.2, 0) is 14.6 Å². The quantitative estimate of drug-likeness (QED) is 0.748. The topological polar surface area (TPSA) is 103 Å². The zero-order valence-corrected chi connectivity index (χ0v) is 9.70. The average Bonchev–Trinajstić information content (AvgIpc) is 2.17. The molecular formula is C10H14N2O3S. The fourth-order valence-corrected chi connectivity index (χ4v) is 2.70. The van der Waals surface area contributed by atoms with Crippen molar-refractivity contribution in [2.45, 2.75) is 17.9 Å². The zero-order chi connectivity index (χ0) is 12.3. The van der Waals surface area contributed by atoms with E-state index >= 15 is 0 Å². The van der Waals surface area contributed by atoms with E-state index in [1.54, 1.807) is 19.1 Å². The summed E-state index contributed by atoms with van der Waals surface area (Å²) in [5.74, 6) is -1.29. The van der Waals surface area contributed by atoms with Gasteiger partial charge in [0.2, 0.25) is 5.91 Å². The molecule has 88 valence electrons. The Kier molecular flexibility index (Phi) is 3.66. The SMILES string of the molecule is Cc1cccc(S(=O)(=O)CC(N)C(N)=O)c1. The summed E-state index contributed by atoms with van der Waals surface area (Å²) in [5.41, 5.74) is 11.1. The van der Waals surface area contributed by atoms with Crippen molar-refractivity contribution < 1.29 is 13.2 Å². The van der Waals surface area contributed by atoms with Gasteiger partial charge in [0.25, 0.3) is 0 Å². The number of carbonyl (C=O) groups is 1. The minimum Gasteiger partial charge on any atom is -0.368 e. The van der Waals surface area contributed by atoms with Crippen LogP contribution >= 0.6 is 0 Å². The first-order valence-corrected chi connectivity index (χ1v) is 6.32. The van der Waals surface area contributed by atoms with E-state index in [-0.39, 0.29) is 4.90 Å². The van der Waals surface area contributed by atoms with Gasteiger partial charge in [0.1, 0.15) is 0 Å². The molecule has 0 aromatic heterocycles. The van der Waals surface area contributed by atoms with Crippen LogP contribution in [0, 0.1) is 6.92 Å². The second kappa shape index (κ2) is 4.63. The molecule has 0 aliphatic heterocycles. The molecule has 0 bridgehead atoms. The summed E-state index contributed by atoms with van der Waals surface area (Å²) < 4.78 is 23.6. The molecule has 0 aliphatic carbocycles. The molecule has 0 saturated heterocycles. The number of hydrogen-bond donors (Lipinski definition) is 2. The van der Waals surface area contributed by atoms with Crippen LogP contribution in [0.3, 0.4) is 0 Å². The lowest BCUT2D eigenvalue weighted by molar-refractivity contribution is -0.118. The molecular weight excluding hydrogens is 228 g/mol. The Morgan fingerprint density at radius 3 is 2.56 bits per heavy atom. The predicted octanol–water partition coefficient (Wildman–Crippen LogP) is -0.419. The highest BCUT2D eigenvalue weighted by Gasteiger charge is 2.21. The van der Waals surface area contributed by atoms with Crippen molar-refractivity contribution in [1.82, 2.24) is 0 Å². The molecule has 5 nitrogen and oxygen atoms in total. The van der Waals surface area contributed by atoms with Crippen molar-refractivity contribution in [1.29, 1.82) is 0 Å². The lowest BCUT2D eigenvalue weighted by Crippen LogP contribution is -2.41. The number of hydrogen-bond acceptors (Lipinski definition) is 4. The van der Waals surface area contributed by atoms with Gasteiger partial charge in [-0.2, -0.15) is 0 Å². The Labute approximate surface area is 94.4 Å². The number of nitrogens with two attached hydrogens (primary N) is 2. The molecule has 1 rings (SSSR count). The molecule has 1 amide bonds. The monoisotopic (exact) mass is 242 g/mol. The maximum absolute atomic E-state index is 11.8. The van der Waals surface area contributed by atoms with E-state index < -0.39 is 27.5 Å². The van der Waals surface area contributed by atoms with Gasteiger partial charge in [0.15, 0.2) is 9.84 Å². The number of primary amides is 1. The number of aryl methyl sites for hydroxylation is 1. The molecule has 1 unspecified atom stereocenters. The molecule has 0 aliphatic rings. The highest BCUT2D eigenvalue weighted by Crippen LogP contribution is 2.13. The number of sulfone groups is 1. The van der Waals surface area contributed by atoms with Crippen molar-refractivity contribution in [3.63, 3.8) is 0 Å². The summed E-state index contributed by atoms with van der Waals surface area (Å²) in [6.45, 7) is 1.78. The van der Waals surface area contributed by atoms with Gasteiger partial charge in [0.05, 0.1) is 16.7 Å². The van der Waals surface area contributed by atoms with Crippen molar-refractivity contribution in [3.05, 3.63) is 29.8 Å². The van der Waals surface area contributed by atoms with Crippen LogP contribution in [0.2, 0.25) is 0 Å². The Morgan fingerprint density at radius 2 is 2.06 bits per heavy atom.